The van der Waals surface area contributed by atoms with Crippen LogP contribution in [0.3, 0.4) is 0 Å². The van der Waals surface area contributed by atoms with Crippen LogP contribution in [0, 0.1) is 0 Å². The third-order valence-electron chi connectivity index (χ3n) is 4.92. The highest BCUT2D eigenvalue weighted by molar-refractivity contribution is 5.93. The number of fused-ring (bicyclic) bond motifs is 1. The normalized spacial score (nSPS) is 17.6. The molecular formula is C18H21N7O2. The Bertz CT molecular complexity index is 1040. The maximum absolute atomic E-state index is 13.1. The van der Waals surface area contributed by atoms with Gasteiger partial charge in [0.05, 0.1) is 17.7 Å². The van der Waals surface area contributed by atoms with Crippen LogP contribution >= 0.6 is 0 Å². The zero-order chi connectivity index (χ0) is 19.0. The first-order chi connectivity index (χ1) is 13.0. The average molecular weight is 367 g/mol. The molecule has 0 aliphatic carbocycles. The highest BCUT2D eigenvalue weighted by atomic mass is 16.2. The lowest BCUT2D eigenvalue weighted by atomic mass is 9.94. The number of piperidine rings is 1. The molecule has 1 fully saturated rings. The van der Waals surface area contributed by atoms with Crippen molar-refractivity contribution in [2.75, 3.05) is 13.1 Å². The SMILES string of the molecule is CC(C)c1cc(C(=O)N2CCC[C@@H](c3cc(=O)[nH]cn3)C2)nc2ncnn12. The predicted molar refractivity (Wildman–Crippen MR) is 97.6 cm³/mol. The summed E-state index contributed by atoms with van der Waals surface area (Å²) in [6, 6.07) is 3.31. The lowest BCUT2D eigenvalue weighted by Gasteiger charge is -2.32. The fourth-order valence-electron chi connectivity index (χ4n) is 3.53. The topological polar surface area (TPSA) is 109 Å². The minimum atomic E-state index is -0.177. The number of carbonyl (C=O) groups excluding carboxylic acids is 1. The quantitative estimate of drug-likeness (QED) is 0.748. The number of rotatable bonds is 3. The fraction of sp³-hybridized carbons (Fsp3) is 0.444. The molecule has 0 aromatic carbocycles. The lowest BCUT2D eigenvalue weighted by molar-refractivity contribution is 0.0699. The predicted octanol–water partition coefficient (Wildman–Crippen LogP) is 1.35. The van der Waals surface area contributed by atoms with E-state index in [4.69, 9.17) is 0 Å². The van der Waals surface area contributed by atoms with Crippen molar-refractivity contribution in [1.29, 1.82) is 0 Å². The Labute approximate surface area is 155 Å². The van der Waals surface area contributed by atoms with Crippen LogP contribution in [0.4, 0.5) is 0 Å². The molecule has 0 radical (unpaired) electrons. The van der Waals surface area contributed by atoms with Crippen molar-refractivity contribution < 1.29 is 4.79 Å². The van der Waals surface area contributed by atoms with Gasteiger partial charge in [-0.15, -0.1) is 0 Å². The molecule has 9 heteroatoms. The van der Waals surface area contributed by atoms with Crippen molar-refractivity contribution in [2.45, 2.75) is 38.5 Å². The Balaban J connectivity index is 1.62. The molecule has 27 heavy (non-hydrogen) atoms. The monoisotopic (exact) mass is 367 g/mol. The summed E-state index contributed by atoms with van der Waals surface area (Å²) in [5, 5.41) is 4.19. The van der Waals surface area contributed by atoms with Gasteiger partial charge in [0, 0.05) is 25.1 Å². The number of nitrogens with zero attached hydrogens (tertiary/aromatic N) is 6. The summed E-state index contributed by atoms with van der Waals surface area (Å²) in [5.74, 6) is 0.524. The molecule has 0 bridgehead atoms. The largest absolute Gasteiger partial charge is 0.337 e. The van der Waals surface area contributed by atoms with E-state index in [1.54, 1.807) is 15.5 Å². The molecule has 1 atom stereocenters. The van der Waals surface area contributed by atoms with Crippen molar-refractivity contribution in [2.24, 2.45) is 0 Å². The molecule has 3 aromatic heterocycles. The van der Waals surface area contributed by atoms with Crippen molar-refractivity contribution in [3.05, 3.63) is 52.2 Å². The van der Waals surface area contributed by atoms with E-state index in [1.165, 1.54) is 18.7 Å². The number of likely N-dealkylation sites (tertiary alicyclic amines) is 1. The van der Waals surface area contributed by atoms with Crippen LogP contribution in [0.5, 0.6) is 0 Å². The maximum atomic E-state index is 13.1. The number of aromatic amines is 1. The van der Waals surface area contributed by atoms with Crippen molar-refractivity contribution in [3.8, 4) is 0 Å². The van der Waals surface area contributed by atoms with Crippen LogP contribution in [-0.4, -0.2) is 53.4 Å². The summed E-state index contributed by atoms with van der Waals surface area (Å²) in [7, 11) is 0. The molecule has 4 heterocycles. The van der Waals surface area contributed by atoms with Gasteiger partial charge in [0.25, 0.3) is 17.2 Å². The second-order valence-electron chi connectivity index (χ2n) is 7.12. The Morgan fingerprint density at radius 2 is 2.15 bits per heavy atom. The molecule has 1 N–H and O–H groups in total. The first-order valence-electron chi connectivity index (χ1n) is 9.07. The smallest absolute Gasteiger partial charge is 0.272 e. The van der Waals surface area contributed by atoms with Crippen LogP contribution in [-0.2, 0) is 0 Å². The number of carbonyl (C=O) groups is 1. The molecular weight excluding hydrogens is 346 g/mol. The van der Waals surface area contributed by atoms with Gasteiger partial charge in [-0.3, -0.25) is 9.59 Å². The van der Waals surface area contributed by atoms with Crippen LogP contribution in [0.1, 0.15) is 60.4 Å². The summed E-state index contributed by atoms with van der Waals surface area (Å²) in [5.41, 5.74) is 1.81. The van der Waals surface area contributed by atoms with Gasteiger partial charge >= 0.3 is 0 Å². The second-order valence-corrected chi connectivity index (χ2v) is 7.12. The Morgan fingerprint density at radius 1 is 1.30 bits per heavy atom. The van der Waals surface area contributed by atoms with Crippen molar-refractivity contribution in [1.82, 2.24) is 34.4 Å². The highest BCUT2D eigenvalue weighted by Crippen LogP contribution is 2.26. The number of hydrogen-bond acceptors (Lipinski definition) is 6. The molecule has 9 nitrogen and oxygen atoms in total. The Morgan fingerprint density at radius 3 is 2.93 bits per heavy atom. The summed E-state index contributed by atoms with van der Waals surface area (Å²) in [6.45, 7) is 5.27. The standard InChI is InChI=1S/C18H21N7O2/c1-11(2)15-6-14(23-18-21-10-22-25(15)18)17(27)24-5-3-4-12(8-24)13-7-16(26)20-9-19-13/h6-7,9-12H,3-5,8H2,1-2H3,(H,19,20,26)/t12-/m1/s1. The van der Waals surface area contributed by atoms with E-state index in [0.717, 1.165) is 24.2 Å². The average Bonchev–Trinajstić information content (AvgIpc) is 3.15. The first-order valence-corrected chi connectivity index (χ1v) is 9.07. The van der Waals surface area contributed by atoms with Gasteiger partial charge in [-0.25, -0.2) is 14.5 Å². The number of hydrogen-bond donors (Lipinski definition) is 1. The van der Waals surface area contributed by atoms with Crippen LogP contribution in [0.25, 0.3) is 5.78 Å². The Kier molecular flexibility index (Phi) is 4.43. The van der Waals surface area contributed by atoms with Crippen LogP contribution in [0.2, 0.25) is 0 Å². The molecule has 0 unspecified atom stereocenters. The summed E-state index contributed by atoms with van der Waals surface area (Å²) in [6.07, 6.45) is 4.61. The van der Waals surface area contributed by atoms with Gasteiger partial charge in [0.15, 0.2) is 0 Å². The van der Waals surface area contributed by atoms with Crippen LogP contribution < -0.4 is 5.56 Å². The number of aromatic nitrogens is 6. The first kappa shape index (κ1) is 17.3. The minimum absolute atomic E-state index is 0.0476. The number of amides is 1. The number of nitrogens with one attached hydrogen (secondary N) is 1. The zero-order valence-corrected chi connectivity index (χ0v) is 15.3. The second kappa shape index (κ2) is 6.90. The zero-order valence-electron chi connectivity index (χ0n) is 15.3. The molecule has 4 rings (SSSR count). The molecule has 1 amide bonds. The van der Waals surface area contributed by atoms with Gasteiger partial charge in [0.1, 0.15) is 12.0 Å². The maximum Gasteiger partial charge on any atom is 0.272 e. The fourth-order valence-corrected chi connectivity index (χ4v) is 3.53. The lowest BCUT2D eigenvalue weighted by Crippen LogP contribution is -2.40. The molecule has 1 aliphatic rings. The van der Waals surface area contributed by atoms with Crippen molar-refractivity contribution in [3.63, 3.8) is 0 Å². The van der Waals surface area contributed by atoms with E-state index in [0.29, 0.717) is 24.6 Å². The van der Waals surface area contributed by atoms with Gasteiger partial charge in [-0.2, -0.15) is 10.1 Å². The van der Waals surface area contributed by atoms with E-state index in [1.807, 2.05) is 13.8 Å². The molecule has 3 aromatic rings. The van der Waals surface area contributed by atoms with Crippen molar-refractivity contribution >= 4 is 11.7 Å². The van der Waals surface area contributed by atoms with Gasteiger partial charge in [0.2, 0.25) is 0 Å². The van der Waals surface area contributed by atoms with Gasteiger partial charge < -0.3 is 9.88 Å². The van der Waals surface area contributed by atoms with Gasteiger partial charge in [-0.05, 0) is 24.8 Å². The van der Waals surface area contributed by atoms with Gasteiger partial charge in [-0.1, -0.05) is 13.8 Å². The van der Waals surface area contributed by atoms with E-state index in [-0.39, 0.29) is 23.3 Å². The van der Waals surface area contributed by atoms with E-state index < -0.39 is 0 Å². The Hall–Kier alpha value is -3.10. The third-order valence-corrected chi connectivity index (χ3v) is 4.92. The molecule has 0 spiro atoms. The molecule has 140 valence electrons. The van der Waals surface area contributed by atoms with Crippen LogP contribution in [0.15, 0.2) is 29.6 Å². The van der Waals surface area contributed by atoms with E-state index in [2.05, 4.69) is 25.0 Å². The molecule has 1 aliphatic heterocycles. The summed E-state index contributed by atoms with van der Waals surface area (Å²) in [4.78, 5) is 41.8. The third kappa shape index (κ3) is 3.32. The molecule has 0 saturated carbocycles. The summed E-state index contributed by atoms with van der Waals surface area (Å²) >= 11 is 0. The molecule has 1 saturated heterocycles. The van der Waals surface area contributed by atoms with E-state index >= 15 is 0 Å². The number of H-pyrrole nitrogens is 1. The van der Waals surface area contributed by atoms with E-state index in [9.17, 15) is 9.59 Å². The summed E-state index contributed by atoms with van der Waals surface area (Å²) < 4.78 is 1.67. The highest BCUT2D eigenvalue weighted by Gasteiger charge is 2.28. The minimum Gasteiger partial charge on any atom is -0.337 e.